The predicted octanol–water partition coefficient (Wildman–Crippen LogP) is -1.93. The summed E-state index contributed by atoms with van der Waals surface area (Å²) in [6, 6.07) is 14.5. The molecule has 47 heavy (non-hydrogen) atoms. The standard InChI is InChI=1S/C39H54N3Si.3ClH.Ti/c1-24-17-27(4)36(33(20-24)40(11)12)43(39(10)23-30(7)31(8)32(39)9,37-28(5)18-25(2)21-34(37)41(13)14)38-29(6)19-26(3)22-35(38)42(15)16;;;;/h17-22H,1-16H3;3*1H;/q-1;;;;+4/p-3. The molecule has 0 fully saturated rings. The maximum absolute atomic E-state index is 4.24. The number of allylic oxidation sites excluding steroid dienone is 4. The molecular weight excluding hydrogens is 693 g/mol. The summed E-state index contributed by atoms with van der Waals surface area (Å²) < 4.78 is 0. The number of anilines is 3. The Bertz CT molecular complexity index is 1520. The van der Waals surface area contributed by atoms with E-state index in [9.17, 15) is 0 Å². The summed E-state index contributed by atoms with van der Waals surface area (Å²) in [6.45, 7) is 23.3. The van der Waals surface area contributed by atoms with Gasteiger partial charge in [-0.05, 0) is 109 Å². The smallest absolute Gasteiger partial charge is 1.00 e. The first-order chi connectivity index (χ1) is 19.9. The van der Waals surface area contributed by atoms with E-state index >= 15 is 0 Å². The average molecular weight is 747 g/mol. The molecule has 1 aliphatic rings. The molecule has 0 radical (unpaired) electrons. The van der Waals surface area contributed by atoms with Crippen molar-refractivity contribution in [2.45, 2.75) is 74.3 Å². The number of rotatable bonds is 7. The van der Waals surface area contributed by atoms with Gasteiger partial charge in [0.2, 0.25) is 0 Å². The van der Waals surface area contributed by atoms with Gasteiger partial charge in [0.05, 0.1) is 0 Å². The van der Waals surface area contributed by atoms with Crippen LogP contribution < -0.4 is 67.5 Å². The van der Waals surface area contributed by atoms with Gasteiger partial charge >= 0.3 is 21.7 Å². The molecule has 8 heteroatoms. The van der Waals surface area contributed by atoms with Crippen LogP contribution in [0.3, 0.4) is 0 Å². The molecule has 0 saturated carbocycles. The molecule has 0 saturated heterocycles. The molecule has 0 amide bonds. The van der Waals surface area contributed by atoms with E-state index in [2.05, 4.69) is 169 Å². The van der Waals surface area contributed by atoms with Gasteiger partial charge in [0.25, 0.3) is 0 Å². The van der Waals surface area contributed by atoms with Crippen LogP contribution in [0.5, 0.6) is 0 Å². The van der Waals surface area contributed by atoms with Gasteiger partial charge in [0, 0.05) is 59.3 Å². The fourth-order valence-corrected chi connectivity index (χ4v) is 15.5. The molecule has 0 N–H and O–H groups in total. The molecule has 0 aromatic heterocycles. The first kappa shape index (κ1) is 45.3. The van der Waals surface area contributed by atoms with Crippen molar-refractivity contribution in [2.24, 2.45) is 0 Å². The normalized spacial score (nSPS) is 15.5. The minimum atomic E-state index is -3.10. The van der Waals surface area contributed by atoms with Crippen LogP contribution in [-0.2, 0) is 21.7 Å². The minimum Gasteiger partial charge on any atom is -1.00 e. The molecule has 1 atom stereocenters. The number of hydrogen-bond donors (Lipinski definition) is 0. The van der Waals surface area contributed by atoms with Crippen molar-refractivity contribution in [1.29, 1.82) is 0 Å². The van der Waals surface area contributed by atoms with Crippen LogP contribution in [0.25, 0.3) is 0 Å². The van der Waals surface area contributed by atoms with Gasteiger partial charge in [-0.15, -0.1) is 6.92 Å². The molecule has 1 aliphatic carbocycles. The summed E-state index contributed by atoms with van der Waals surface area (Å²) in [6.07, 6.45) is 4.24. The second kappa shape index (κ2) is 16.4. The third kappa shape index (κ3) is 7.30. The van der Waals surface area contributed by atoms with E-state index in [1.807, 2.05) is 0 Å². The van der Waals surface area contributed by atoms with Crippen LogP contribution in [0.4, 0.5) is 17.1 Å². The van der Waals surface area contributed by atoms with Crippen LogP contribution in [0, 0.1) is 47.6 Å². The van der Waals surface area contributed by atoms with Crippen LogP contribution >= 0.6 is 0 Å². The molecule has 1 unspecified atom stereocenters. The fourth-order valence-electron chi connectivity index (χ4n) is 8.08. The monoisotopic (exact) mass is 745 g/mol. The number of benzene rings is 3. The molecule has 254 valence electrons. The number of nitrogens with zero attached hydrogens (tertiary/aromatic N) is 3. The van der Waals surface area contributed by atoms with E-state index in [0.717, 1.165) is 0 Å². The van der Waals surface area contributed by atoms with Gasteiger partial charge in [0.1, 0.15) is 0 Å². The van der Waals surface area contributed by atoms with Crippen molar-refractivity contribution in [3.8, 4) is 0 Å². The second-order valence-electron chi connectivity index (χ2n) is 14.0. The van der Waals surface area contributed by atoms with Crippen LogP contribution in [0.1, 0.15) is 61.1 Å². The molecule has 3 nitrogen and oxygen atoms in total. The quantitative estimate of drug-likeness (QED) is 0.159. The van der Waals surface area contributed by atoms with E-state index in [1.54, 1.807) is 0 Å². The van der Waals surface area contributed by atoms with E-state index in [0.29, 0.717) is 0 Å². The molecule has 0 bridgehead atoms. The molecule has 0 heterocycles. The van der Waals surface area contributed by atoms with E-state index in [-0.39, 0.29) is 64.0 Å². The second-order valence-corrected chi connectivity index (χ2v) is 18.0. The Morgan fingerprint density at radius 1 is 0.511 bits per heavy atom. The van der Waals surface area contributed by atoms with Crippen molar-refractivity contribution in [1.82, 2.24) is 0 Å². The summed E-state index contributed by atoms with van der Waals surface area (Å²) in [7, 11) is 10.2. The van der Waals surface area contributed by atoms with Crippen LogP contribution in [0.2, 0.25) is 5.04 Å². The third-order valence-electron chi connectivity index (χ3n) is 10.0. The predicted molar refractivity (Wildman–Crippen MR) is 195 cm³/mol. The van der Waals surface area contributed by atoms with E-state index in [1.165, 1.54) is 82.7 Å². The molecule has 0 spiro atoms. The van der Waals surface area contributed by atoms with E-state index in [4.69, 9.17) is 0 Å². The summed E-state index contributed by atoms with van der Waals surface area (Å²) in [4.78, 5) is 7.07. The number of aryl methyl sites for hydroxylation is 6. The zero-order valence-electron chi connectivity index (χ0n) is 31.4. The van der Waals surface area contributed by atoms with Crippen molar-refractivity contribution in [2.75, 3.05) is 57.0 Å². The largest absolute Gasteiger partial charge is 4.00 e. The molecule has 4 rings (SSSR count). The zero-order valence-corrected chi connectivity index (χ0v) is 36.3. The van der Waals surface area contributed by atoms with Crippen LogP contribution in [-0.4, -0.2) is 50.4 Å². The van der Waals surface area contributed by atoms with Gasteiger partial charge < -0.3 is 51.9 Å². The summed E-state index contributed by atoms with van der Waals surface area (Å²) in [5.41, 5.74) is 16.0. The van der Waals surface area contributed by atoms with Gasteiger partial charge in [0.15, 0.2) is 8.07 Å². The minimum absolute atomic E-state index is 0. The first-order valence-corrected chi connectivity index (χ1v) is 17.6. The Hall–Kier alpha value is -1.66. The van der Waals surface area contributed by atoms with Crippen LogP contribution in [0.15, 0.2) is 53.1 Å². The molecule has 3 aromatic carbocycles. The maximum atomic E-state index is 4.24. The SMILES string of the molecule is CC1=[C-]C(C)([Si](c2c(C)cc(C)cc2N(C)C)(c2c(C)cc(C)cc2N(C)C)c2c(C)cc(C)cc2N(C)C)C(C)=C1C.[Cl-].[Cl-].[Cl-].[Ti+4]. The van der Waals surface area contributed by atoms with Crippen molar-refractivity contribution >= 4 is 40.7 Å². The summed E-state index contributed by atoms with van der Waals surface area (Å²) in [5, 5.41) is 4.13. The maximum Gasteiger partial charge on any atom is 4.00 e. The van der Waals surface area contributed by atoms with Crippen molar-refractivity contribution in [3.05, 3.63) is 92.6 Å². The zero-order chi connectivity index (χ0) is 32.3. The van der Waals surface area contributed by atoms with Gasteiger partial charge in [-0.1, -0.05) is 44.0 Å². The number of halogens is 3. The third-order valence-corrected chi connectivity index (χ3v) is 16.2. The number of hydrogen-bond acceptors (Lipinski definition) is 3. The average Bonchev–Trinajstić information content (AvgIpc) is 3.08. The van der Waals surface area contributed by atoms with Crippen molar-refractivity contribution < 1.29 is 58.9 Å². The Kier molecular flexibility index (Phi) is 15.8. The Morgan fingerprint density at radius 3 is 1.00 bits per heavy atom. The van der Waals surface area contributed by atoms with Gasteiger partial charge in [-0.25, -0.2) is 5.57 Å². The fraction of sp³-hybridized carbons (Fsp3) is 0.436. The Balaban J connectivity index is 0.00000529. The Morgan fingerprint density at radius 2 is 0.787 bits per heavy atom. The topological polar surface area (TPSA) is 9.72 Å². The Labute approximate surface area is 321 Å². The summed E-state index contributed by atoms with van der Waals surface area (Å²) in [5.74, 6) is 0. The van der Waals surface area contributed by atoms with Gasteiger partial charge in [-0.2, -0.15) is 11.1 Å². The molecule has 0 aliphatic heterocycles. The van der Waals surface area contributed by atoms with Gasteiger partial charge in [-0.3, -0.25) is 6.08 Å². The summed E-state index contributed by atoms with van der Waals surface area (Å²) >= 11 is 0. The van der Waals surface area contributed by atoms with E-state index < -0.39 is 8.07 Å². The molecular formula is C39H54Cl3N3SiTi. The molecule has 3 aromatic rings. The first-order valence-electron chi connectivity index (χ1n) is 15.6. The van der Waals surface area contributed by atoms with Crippen molar-refractivity contribution in [3.63, 3.8) is 0 Å².